The molecule has 19 heavy (non-hydrogen) atoms. The number of aromatic hydroxyl groups is 1. The fraction of sp³-hybridized carbons (Fsp3) is 0.0625. The Hall–Kier alpha value is -2.06. The molecule has 3 rings (SSSR count). The van der Waals surface area contributed by atoms with Crippen molar-refractivity contribution in [3.63, 3.8) is 0 Å². The minimum Gasteiger partial charge on any atom is -0.508 e. The van der Waals surface area contributed by atoms with E-state index in [-0.39, 0.29) is 11.5 Å². The number of phenols is 1. The van der Waals surface area contributed by atoms with Crippen LogP contribution in [0.4, 0.5) is 0 Å². The van der Waals surface area contributed by atoms with Crippen LogP contribution in [0, 0.1) is 0 Å². The molecule has 0 radical (unpaired) electrons. The first-order chi connectivity index (χ1) is 9.13. The predicted molar refractivity (Wildman–Crippen MR) is 75.6 cm³/mol. The van der Waals surface area contributed by atoms with Crippen molar-refractivity contribution in [1.82, 2.24) is 0 Å². The Morgan fingerprint density at radius 1 is 1.11 bits per heavy atom. The molecule has 2 nitrogen and oxygen atoms in total. The van der Waals surface area contributed by atoms with E-state index in [2.05, 4.69) is 0 Å². The molecule has 2 aromatic carbocycles. The van der Waals surface area contributed by atoms with E-state index in [1.54, 1.807) is 24.3 Å². The van der Waals surface area contributed by atoms with E-state index in [1.165, 1.54) is 6.07 Å². The highest BCUT2D eigenvalue weighted by atomic mass is 35.5. The van der Waals surface area contributed by atoms with E-state index in [4.69, 9.17) is 11.6 Å². The zero-order chi connectivity index (χ0) is 13.4. The van der Waals surface area contributed by atoms with E-state index in [0.29, 0.717) is 17.0 Å². The third-order valence-corrected chi connectivity index (χ3v) is 3.47. The highest BCUT2D eigenvalue weighted by Gasteiger charge is 2.24. The maximum Gasteiger partial charge on any atom is 0.189 e. The maximum absolute atomic E-state index is 12.2. The summed E-state index contributed by atoms with van der Waals surface area (Å²) in [6.07, 6.45) is 2.48. The van der Waals surface area contributed by atoms with Gasteiger partial charge < -0.3 is 5.11 Å². The summed E-state index contributed by atoms with van der Waals surface area (Å²) in [5.74, 6) is 0.112. The molecule has 0 aliphatic heterocycles. The van der Waals surface area contributed by atoms with Crippen molar-refractivity contribution in [3.8, 4) is 5.75 Å². The molecule has 94 valence electrons. The number of fused-ring (bicyclic) bond motifs is 1. The lowest BCUT2D eigenvalue weighted by molar-refractivity contribution is 0.104. The average molecular weight is 271 g/mol. The van der Waals surface area contributed by atoms with Gasteiger partial charge in [-0.1, -0.05) is 29.8 Å². The van der Waals surface area contributed by atoms with Crippen molar-refractivity contribution >= 4 is 23.5 Å². The molecule has 0 amide bonds. The molecule has 3 heteroatoms. The summed E-state index contributed by atoms with van der Waals surface area (Å²) < 4.78 is 0. The maximum atomic E-state index is 12.2. The summed E-state index contributed by atoms with van der Waals surface area (Å²) in [5.41, 5.74) is 3.25. The first-order valence-electron chi connectivity index (χ1n) is 5.96. The Bertz CT molecular complexity index is 684. The Balaban J connectivity index is 1.97. The van der Waals surface area contributed by atoms with Gasteiger partial charge in [-0.15, -0.1) is 0 Å². The molecule has 1 aliphatic rings. The van der Waals surface area contributed by atoms with Crippen LogP contribution in [0.3, 0.4) is 0 Å². The third kappa shape index (κ3) is 2.27. The number of benzene rings is 2. The summed E-state index contributed by atoms with van der Waals surface area (Å²) in [4.78, 5) is 12.2. The second-order valence-corrected chi connectivity index (χ2v) is 5.00. The lowest BCUT2D eigenvalue weighted by Gasteiger charge is -1.97. The van der Waals surface area contributed by atoms with Crippen molar-refractivity contribution < 1.29 is 9.90 Å². The summed E-state index contributed by atoms with van der Waals surface area (Å²) in [6.45, 7) is 0. The molecule has 0 saturated carbocycles. The topological polar surface area (TPSA) is 37.3 Å². The minimum atomic E-state index is -0.0131. The molecule has 1 aliphatic carbocycles. The minimum absolute atomic E-state index is 0.0131. The second kappa shape index (κ2) is 4.56. The molecule has 0 spiro atoms. The largest absolute Gasteiger partial charge is 0.508 e. The monoisotopic (exact) mass is 270 g/mol. The Morgan fingerprint density at radius 2 is 1.84 bits per heavy atom. The number of phenolic OH excluding ortho intramolecular Hbond substituents is 1. The van der Waals surface area contributed by atoms with E-state index < -0.39 is 0 Å². The van der Waals surface area contributed by atoms with Crippen molar-refractivity contribution in [3.05, 3.63) is 69.8 Å². The third-order valence-electron chi connectivity index (χ3n) is 3.22. The highest BCUT2D eigenvalue weighted by molar-refractivity contribution is 6.30. The molecule has 1 N–H and O–H groups in total. The number of carbonyl (C=O) groups is 1. The smallest absolute Gasteiger partial charge is 0.189 e. The number of halogens is 1. The quantitative estimate of drug-likeness (QED) is 0.799. The number of ketones is 1. The van der Waals surface area contributed by atoms with Crippen LogP contribution in [0.15, 0.2) is 48.0 Å². The Morgan fingerprint density at radius 3 is 2.58 bits per heavy atom. The van der Waals surface area contributed by atoms with Gasteiger partial charge in [-0.05, 0) is 41.5 Å². The fourth-order valence-electron chi connectivity index (χ4n) is 2.27. The number of allylic oxidation sites excluding steroid dienone is 1. The number of rotatable bonds is 1. The van der Waals surface area contributed by atoms with E-state index in [0.717, 1.165) is 16.7 Å². The molecule has 0 bridgehead atoms. The lowest BCUT2D eigenvalue weighted by atomic mass is 10.1. The van der Waals surface area contributed by atoms with Gasteiger partial charge in [0.05, 0.1) is 0 Å². The molecule has 0 fully saturated rings. The van der Waals surface area contributed by atoms with Crippen LogP contribution in [0.5, 0.6) is 5.75 Å². The molecule has 2 aromatic rings. The van der Waals surface area contributed by atoms with Gasteiger partial charge in [-0.2, -0.15) is 0 Å². The first-order valence-corrected chi connectivity index (χ1v) is 6.34. The summed E-state index contributed by atoms with van der Waals surface area (Å²) >= 11 is 5.83. The van der Waals surface area contributed by atoms with Crippen LogP contribution < -0.4 is 0 Å². The van der Waals surface area contributed by atoms with Gasteiger partial charge in [-0.25, -0.2) is 0 Å². The van der Waals surface area contributed by atoms with Crippen molar-refractivity contribution in [1.29, 1.82) is 0 Å². The molecular formula is C16H11ClO2. The van der Waals surface area contributed by atoms with Gasteiger partial charge in [0.2, 0.25) is 0 Å². The van der Waals surface area contributed by atoms with Crippen molar-refractivity contribution in [2.45, 2.75) is 6.42 Å². The van der Waals surface area contributed by atoms with Crippen LogP contribution in [0.1, 0.15) is 21.5 Å². The Kier molecular flexibility index (Phi) is 2.88. The van der Waals surface area contributed by atoms with Gasteiger partial charge >= 0.3 is 0 Å². The second-order valence-electron chi connectivity index (χ2n) is 4.57. The van der Waals surface area contributed by atoms with Gasteiger partial charge in [-0.3, -0.25) is 4.79 Å². The normalized spacial score (nSPS) is 15.8. The predicted octanol–water partition coefficient (Wildman–Crippen LogP) is 3.87. The van der Waals surface area contributed by atoms with E-state index in [9.17, 15) is 9.90 Å². The molecule has 0 saturated heterocycles. The fourth-order valence-corrected chi connectivity index (χ4v) is 2.39. The Labute approximate surface area is 116 Å². The van der Waals surface area contributed by atoms with E-state index in [1.807, 2.05) is 18.2 Å². The van der Waals surface area contributed by atoms with Crippen LogP contribution >= 0.6 is 11.6 Å². The van der Waals surface area contributed by atoms with Gasteiger partial charge in [0.25, 0.3) is 0 Å². The first kappa shape index (κ1) is 12.0. The summed E-state index contributed by atoms with van der Waals surface area (Å²) in [6, 6.07) is 12.3. The molecular weight excluding hydrogens is 260 g/mol. The van der Waals surface area contributed by atoms with Gasteiger partial charge in [0.1, 0.15) is 5.75 Å². The van der Waals surface area contributed by atoms with Crippen molar-refractivity contribution in [2.24, 2.45) is 0 Å². The van der Waals surface area contributed by atoms with Gasteiger partial charge in [0, 0.05) is 22.6 Å². The van der Waals surface area contributed by atoms with Crippen LogP contribution in [0.25, 0.3) is 6.08 Å². The summed E-state index contributed by atoms with van der Waals surface area (Å²) in [7, 11) is 0. The average Bonchev–Trinajstić information content (AvgIpc) is 2.70. The lowest BCUT2D eigenvalue weighted by Crippen LogP contribution is -1.95. The SMILES string of the molecule is O=C1/C(=C/c2ccc(Cl)cc2)Cc2ccc(O)cc21. The number of Topliss-reactive ketones (excluding diaryl/α,β-unsaturated/α-hetero) is 1. The van der Waals surface area contributed by atoms with Crippen LogP contribution in [-0.4, -0.2) is 10.9 Å². The standard InChI is InChI=1S/C16H11ClO2/c17-13-4-1-10(2-5-13)7-12-8-11-3-6-14(18)9-15(11)16(12)19/h1-7,9,18H,8H2/b12-7+. The van der Waals surface area contributed by atoms with Gasteiger partial charge in [0.15, 0.2) is 5.78 Å². The highest BCUT2D eigenvalue weighted by Crippen LogP contribution is 2.30. The molecule has 0 aromatic heterocycles. The van der Waals surface area contributed by atoms with Crippen molar-refractivity contribution in [2.75, 3.05) is 0 Å². The zero-order valence-corrected chi connectivity index (χ0v) is 10.8. The molecule has 0 unspecified atom stereocenters. The zero-order valence-electron chi connectivity index (χ0n) is 10.1. The number of hydrogen-bond acceptors (Lipinski definition) is 2. The number of carbonyl (C=O) groups excluding carboxylic acids is 1. The van der Waals surface area contributed by atoms with E-state index >= 15 is 0 Å². The molecule has 0 heterocycles. The molecule has 0 atom stereocenters. The van der Waals surface area contributed by atoms with Crippen LogP contribution in [-0.2, 0) is 6.42 Å². The van der Waals surface area contributed by atoms with Crippen LogP contribution in [0.2, 0.25) is 5.02 Å². The number of hydrogen-bond donors (Lipinski definition) is 1. The summed E-state index contributed by atoms with van der Waals surface area (Å²) in [5, 5.41) is 10.1.